The van der Waals surface area contributed by atoms with Gasteiger partial charge >= 0.3 is 0 Å². The summed E-state index contributed by atoms with van der Waals surface area (Å²) in [4.78, 5) is 26.9. The number of benzene rings is 2. The highest BCUT2D eigenvalue weighted by Gasteiger charge is 2.25. The Kier molecular flexibility index (Phi) is 6.09. The highest BCUT2D eigenvalue weighted by Crippen LogP contribution is 2.28. The van der Waals surface area contributed by atoms with Crippen molar-refractivity contribution < 1.29 is 9.53 Å². The fourth-order valence-corrected chi connectivity index (χ4v) is 4.81. The molecule has 0 saturated carbocycles. The molecule has 5 rings (SSSR count). The van der Waals surface area contributed by atoms with Crippen LogP contribution in [0.15, 0.2) is 78.4 Å². The molecule has 32 heavy (non-hydrogen) atoms. The predicted octanol–water partition coefficient (Wildman–Crippen LogP) is 4.15. The van der Waals surface area contributed by atoms with E-state index < -0.39 is 0 Å². The molecule has 0 N–H and O–H groups in total. The van der Waals surface area contributed by atoms with Gasteiger partial charge in [0, 0.05) is 26.2 Å². The summed E-state index contributed by atoms with van der Waals surface area (Å²) in [5.41, 5.74) is 2.08. The van der Waals surface area contributed by atoms with Gasteiger partial charge in [-0.1, -0.05) is 60.7 Å². The van der Waals surface area contributed by atoms with Gasteiger partial charge in [0.1, 0.15) is 29.7 Å². The normalized spacial score (nSPS) is 14.3. The Morgan fingerprint density at radius 3 is 2.22 bits per heavy atom. The number of rotatable bonds is 6. The number of piperazine rings is 1. The number of hydrogen-bond donors (Lipinski definition) is 0. The quantitative estimate of drug-likeness (QED) is 0.447. The van der Waals surface area contributed by atoms with E-state index >= 15 is 0 Å². The van der Waals surface area contributed by atoms with Gasteiger partial charge in [-0.25, -0.2) is 9.97 Å². The number of nitrogens with zero attached hydrogens (tertiary/aromatic N) is 4. The minimum atomic E-state index is -0.268. The van der Waals surface area contributed by atoms with Crippen molar-refractivity contribution >= 4 is 33.3 Å². The highest BCUT2D eigenvalue weighted by molar-refractivity contribution is 7.16. The molecule has 3 heterocycles. The molecule has 0 radical (unpaired) electrons. The second kappa shape index (κ2) is 9.46. The van der Waals surface area contributed by atoms with Gasteiger partial charge in [0.25, 0.3) is 0 Å². The molecule has 1 saturated heterocycles. The van der Waals surface area contributed by atoms with Crippen LogP contribution in [0, 0.1) is 0 Å². The molecule has 0 aliphatic carbocycles. The molecule has 1 aliphatic rings. The maximum atomic E-state index is 12.9. The molecular weight excluding hydrogens is 420 g/mol. The van der Waals surface area contributed by atoms with E-state index in [1.807, 2.05) is 70.9 Å². The smallest absolute Gasteiger partial charge is 0.248 e. The molecule has 0 unspecified atom stereocenters. The van der Waals surface area contributed by atoms with Gasteiger partial charge in [0.15, 0.2) is 0 Å². The minimum absolute atomic E-state index is 0.0184. The lowest BCUT2D eigenvalue weighted by Gasteiger charge is -2.35. The summed E-state index contributed by atoms with van der Waals surface area (Å²) in [6.07, 6.45) is 1.35. The van der Waals surface area contributed by atoms with Gasteiger partial charge in [-0.15, -0.1) is 11.3 Å². The predicted molar refractivity (Wildman–Crippen MR) is 127 cm³/mol. The lowest BCUT2D eigenvalue weighted by atomic mass is 10.0. The van der Waals surface area contributed by atoms with Crippen molar-refractivity contribution in [1.29, 1.82) is 0 Å². The van der Waals surface area contributed by atoms with Crippen LogP contribution in [-0.2, 0) is 9.53 Å². The fraction of sp³-hybridized carbons (Fsp3) is 0.240. The van der Waals surface area contributed by atoms with Crippen LogP contribution in [0.25, 0.3) is 10.2 Å². The van der Waals surface area contributed by atoms with E-state index in [-0.39, 0.29) is 18.6 Å². The monoisotopic (exact) mass is 444 g/mol. The second-order valence-corrected chi connectivity index (χ2v) is 8.61. The van der Waals surface area contributed by atoms with Crippen molar-refractivity contribution in [1.82, 2.24) is 14.9 Å². The highest BCUT2D eigenvalue weighted by atomic mass is 32.1. The van der Waals surface area contributed by atoms with Crippen LogP contribution in [0.3, 0.4) is 0 Å². The van der Waals surface area contributed by atoms with Crippen molar-refractivity contribution in [2.24, 2.45) is 0 Å². The number of amides is 1. The summed E-state index contributed by atoms with van der Waals surface area (Å²) in [7, 11) is 0. The lowest BCUT2D eigenvalue weighted by Crippen LogP contribution is -2.50. The first kappa shape index (κ1) is 20.6. The third-order valence-electron chi connectivity index (χ3n) is 5.75. The van der Waals surface area contributed by atoms with E-state index in [1.165, 1.54) is 0 Å². The number of anilines is 1. The molecule has 162 valence electrons. The van der Waals surface area contributed by atoms with Gasteiger partial charge < -0.3 is 14.5 Å². The Morgan fingerprint density at radius 2 is 1.56 bits per heavy atom. The van der Waals surface area contributed by atoms with Gasteiger partial charge in [-0.2, -0.15) is 0 Å². The summed E-state index contributed by atoms with van der Waals surface area (Å²) >= 11 is 1.62. The largest absolute Gasteiger partial charge is 0.359 e. The summed E-state index contributed by atoms with van der Waals surface area (Å²) < 4.78 is 6.16. The third kappa shape index (κ3) is 4.35. The standard InChI is InChI=1S/C25H24N4O2S/c30-22(17-31-23(19-7-3-1-4-8-19)20-9-5-2-6-10-20)28-12-14-29(15-13-28)24-21-11-16-32-25(21)27-18-26-24/h1-11,16,18,23H,12-15,17H2. The Hall–Kier alpha value is -3.29. The molecule has 0 atom stereocenters. The van der Waals surface area contributed by atoms with Crippen LogP contribution < -0.4 is 4.90 Å². The average molecular weight is 445 g/mol. The molecule has 4 aromatic rings. The fourth-order valence-electron chi connectivity index (χ4n) is 4.08. The summed E-state index contributed by atoms with van der Waals surface area (Å²) in [6.45, 7) is 2.85. The zero-order chi connectivity index (χ0) is 21.8. The number of carbonyl (C=O) groups is 1. The summed E-state index contributed by atoms with van der Waals surface area (Å²) in [5, 5.41) is 3.12. The average Bonchev–Trinajstić information content (AvgIpc) is 3.35. The zero-order valence-corrected chi connectivity index (χ0v) is 18.4. The van der Waals surface area contributed by atoms with Crippen LogP contribution >= 0.6 is 11.3 Å². The van der Waals surface area contributed by atoms with E-state index in [2.05, 4.69) is 20.9 Å². The zero-order valence-electron chi connectivity index (χ0n) is 17.6. The SMILES string of the molecule is O=C(COC(c1ccccc1)c1ccccc1)N1CCN(c2ncnc3sccc23)CC1. The topological polar surface area (TPSA) is 58.6 Å². The van der Waals surface area contributed by atoms with Crippen molar-refractivity contribution in [2.75, 3.05) is 37.7 Å². The maximum absolute atomic E-state index is 12.9. The third-order valence-corrected chi connectivity index (χ3v) is 6.57. The lowest BCUT2D eigenvalue weighted by molar-refractivity contribution is -0.137. The molecule has 1 amide bonds. The molecule has 1 fully saturated rings. The first-order valence-electron chi connectivity index (χ1n) is 10.7. The van der Waals surface area contributed by atoms with E-state index in [1.54, 1.807) is 17.7 Å². The molecule has 7 heteroatoms. The van der Waals surface area contributed by atoms with E-state index in [0.717, 1.165) is 40.3 Å². The number of aromatic nitrogens is 2. The molecule has 0 spiro atoms. The number of thiophene rings is 1. The Morgan fingerprint density at radius 1 is 0.906 bits per heavy atom. The Balaban J connectivity index is 1.22. The maximum Gasteiger partial charge on any atom is 0.248 e. The van der Waals surface area contributed by atoms with Gasteiger partial charge in [0.05, 0.1) is 5.39 Å². The Labute approximate surface area is 191 Å². The molecule has 2 aromatic carbocycles. The van der Waals surface area contributed by atoms with Crippen molar-refractivity contribution in [2.45, 2.75) is 6.10 Å². The molecule has 0 bridgehead atoms. The Bertz CT molecular complexity index is 1130. The van der Waals surface area contributed by atoms with Crippen LogP contribution in [-0.4, -0.2) is 53.6 Å². The molecule has 1 aliphatic heterocycles. The number of ether oxygens (including phenoxy) is 1. The molecular formula is C25H24N4O2S. The van der Waals surface area contributed by atoms with Crippen LogP contribution in [0.4, 0.5) is 5.82 Å². The molecule has 2 aromatic heterocycles. The van der Waals surface area contributed by atoms with E-state index in [9.17, 15) is 4.79 Å². The first-order valence-corrected chi connectivity index (χ1v) is 11.6. The van der Waals surface area contributed by atoms with Gasteiger partial charge in [-0.3, -0.25) is 4.79 Å². The molecule has 6 nitrogen and oxygen atoms in total. The minimum Gasteiger partial charge on any atom is -0.359 e. The van der Waals surface area contributed by atoms with Crippen LogP contribution in [0.2, 0.25) is 0 Å². The van der Waals surface area contributed by atoms with Gasteiger partial charge in [0.2, 0.25) is 5.91 Å². The second-order valence-electron chi connectivity index (χ2n) is 7.72. The van der Waals surface area contributed by atoms with Gasteiger partial charge in [-0.05, 0) is 22.6 Å². The summed E-state index contributed by atoms with van der Waals surface area (Å²) in [5.74, 6) is 0.970. The van der Waals surface area contributed by atoms with Crippen molar-refractivity contribution in [3.63, 3.8) is 0 Å². The summed E-state index contributed by atoms with van der Waals surface area (Å²) in [6, 6.07) is 22.1. The van der Waals surface area contributed by atoms with E-state index in [0.29, 0.717) is 13.1 Å². The van der Waals surface area contributed by atoms with Crippen molar-refractivity contribution in [3.05, 3.63) is 89.6 Å². The number of hydrogen-bond acceptors (Lipinski definition) is 6. The number of fused-ring (bicyclic) bond motifs is 1. The van der Waals surface area contributed by atoms with Crippen LogP contribution in [0.1, 0.15) is 17.2 Å². The van der Waals surface area contributed by atoms with Crippen molar-refractivity contribution in [3.8, 4) is 0 Å². The first-order chi connectivity index (χ1) is 15.8. The van der Waals surface area contributed by atoms with E-state index in [4.69, 9.17) is 4.74 Å². The van der Waals surface area contributed by atoms with Crippen LogP contribution in [0.5, 0.6) is 0 Å². The number of carbonyl (C=O) groups excluding carboxylic acids is 1.